The normalized spacial score (nSPS) is 11.3. The fourth-order valence-corrected chi connectivity index (χ4v) is 4.09. The van der Waals surface area contributed by atoms with E-state index < -0.39 is 0 Å². The van der Waals surface area contributed by atoms with Crippen LogP contribution in [0.1, 0.15) is 42.6 Å². The number of benzene rings is 2. The third-order valence-electron chi connectivity index (χ3n) is 5.65. The Morgan fingerprint density at radius 2 is 1.91 bits per heavy atom. The molecule has 0 spiro atoms. The van der Waals surface area contributed by atoms with Crippen molar-refractivity contribution in [3.05, 3.63) is 94.0 Å². The number of imidazole rings is 1. The summed E-state index contributed by atoms with van der Waals surface area (Å²) in [4.78, 5) is 22.7. The number of hydrogen-bond acceptors (Lipinski definition) is 6. The van der Waals surface area contributed by atoms with E-state index in [4.69, 9.17) is 9.51 Å². The van der Waals surface area contributed by atoms with Gasteiger partial charge in [-0.15, -0.1) is 0 Å². The summed E-state index contributed by atoms with van der Waals surface area (Å²) in [6, 6.07) is 18.8. The van der Waals surface area contributed by atoms with Crippen LogP contribution < -0.4 is 5.56 Å². The Hall–Kier alpha value is -4.51. The summed E-state index contributed by atoms with van der Waals surface area (Å²) in [5.41, 5.74) is 3.95. The summed E-state index contributed by atoms with van der Waals surface area (Å²) in [6.07, 6.45) is 1.71. The Balaban J connectivity index is 1.65. The second-order valence-electron chi connectivity index (χ2n) is 8.44. The van der Waals surface area contributed by atoms with Gasteiger partial charge in [-0.05, 0) is 35.9 Å². The molecule has 0 aliphatic heterocycles. The molecule has 0 aliphatic rings. The van der Waals surface area contributed by atoms with E-state index in [9.17, 15) is 10.1 Å². The third kappa shape index (κ3) is 3.77. The number of aryl methyl sites for hydroxylation is 1. The van der Waals surface area contributed by atoms with Gasteiger partial charge >= 0.3 is 0 Å². The minimum Gasteiger partial charge on any atom is -0.339 e. The molecule has 8 nitrogen and oxygen atoms in total. The van der Waals surface area contributed by atoms with E-state index in [1.165, 1.54) is 0 Å². The van der Waals surface area contributed by atoms with Gasteiger partial charge in [-0.25, -0.2) is 4.98 Å². The number of nitriles is 1. The Bertz CT molecular complexity index is 1620. The van der Waals surface area contributed by atoms with Crippen LogP contribution >= 0.6 is 0 Å². The second-order valence-corrected chi connectivity index (χ2v) is 8.44. The van der Waals surface area contributed by atoms with Crippen molar-refractivity contribution in [3.63, 3.8) is 0 Å². The van der Waals surface area contributed by atoms with Crippen molar-refractivity contribution in [1.82, 2.24) is 24.3 Å². The molecule has 3 heterocycles. The number of fused-ring (bicyclic) bond motifs is 1. The number of nitrogens with zero attached hydrogens (tertiary/aromatic N) is 6. The van der Waals surface area contributed by atoms with Crippen LogP contribution in [-0.2, 0) is 6.54 Å². The summed E-state index contributed by atoms with van der Waals surface area (Å²) in [7, 11) is 0. The maximum absolute atomic E-state index is 13.7. The van der Waals surface area contributed by atoms with Crippen LogP contribution in [0, 0.1) is 18.3 Å². The lowest BCUT2D eigenvalue weighted by atomic mass is 10.1. The third-order valence-corrected chi connectivity index (χ3v) is 5.65. The molecule has 5 aromatic rings. The first-order chi connectivity index (χ1) is 16.4. The zero-order chi connectivity index (χ0) is 23.8. The van der Waals surface area contributed by atoms with Gasteiger partial charge in [0.25, 0.3) is 5.56 Å². The highest BCUT2D eigenvalue weighted by atomic mass is 16.5. The molecule has 0 aliphatic carbocycles. The van der Waals surface area contributed by atoms with Gasteiger partial charge in [0.2, 0.25) is 11.7 Å². The van der Waals surface area contributed by atoms with Gasteiger partial charge in [0, 0.05) is 36.8 Å². The van der Waals surface area contributed by atoms with Crippen molar-refractivity contribution in [3.8, 4) is 23.1 Å². The first kappa shape index (κ1) is 21.3. The summed E-state index contributed by atoms with van der Waals surface area (Å²) < 4.78 is 8.66. The van der Waals surface area contributed by atoms with Crippen LogP contribution in [0.2, 0.25) is 0 Å². The molecule has 8 heteroatoms. The smallest absolute Gasteiger partial charge is 0.281 e. The molecule has 5 rings (SSSR count). The molecule has 0 saturated carbocycles. The SMILES string of the molecule is Cc1nc(-c2cccc(Cn3c(C(C)C)nc4ccn(-c5cccc(C#N)c5)c(=O)c43)c2)no1. The number of aromatic nitrogens is 5. The standard InChI is InChI=1S/C26H22N6O2/c1-16(2)25-29-22-10-11-31(21-9-5-6-18(13-21)14-27)26(33)23(22)32(25)15-19-7-4-8-20(12-19)24-28-17(3)34-30-24/h4-13,16H,15H2,1-3H3. The average Bonchev–Trinajstić information content (AvgIpc) is 3.44. The van der Waals surface area contributed by atoms with Gasteiger partial charge in [0.1, 0.15) is 11.3 Å². The monoisotopic (exact) mass is 450 g/mol. The Morgan fingerprint density at radius 3 is 2.65 bits per heavy atom. The van der Waals surface area contributed by atoms with Crippen molar-refractivity contribution in [2.75, 3.05) is 0 Å². The van der Waals surface area contributed by atoms with E-state index in [0.717, 1.165) is 17.0 Å². The number of pyridine rings is 1. The largest absolute Gasteiger partial charge is 0.339 e. The molecule has 0 radical (unpaired) electrons. The molecule has 2 aromatic carbocycles. The second kappa shape index (κ2) is 8.45. The fraction of sp³-hybridized carbons (Fsp3) is 0.192. The lowest BCUT2D eigenvalue weighted by Crippen LogP contribution is -2.21. The van der Waals surface area contributed by atoms with Gasteiger partial charge in [-0.3, -0.25) is 9.36 Å². The predicted molar refractivity (Wildman–Crippen MR) is 128 cm³/mol. The van der Waals surface area contributed by atoms with E-state index in [1.807, 2.05) is 41.0 Å². The van der Waals surface area contributed by atoms with Crippen LogP contribution in [0.15, 0.2) is 70.1 Å². The lowest BCUT2D eigenvalue weighted by molar-refractivity contribution is 0.394. The van der Waals surface area contributed by atoms with Crippen molar-refractivity contribution in [2.45, 2.75) is 33.2 Å². The summed E-state index contributed by atoms with van der Waals surface area (Å²) >= 11 is 0. The van der Waals surface area contributed by atoms with Crippen molar-refractivity contribution in [1.29, 1.82) is 5.26 Å². The lowest BCUT2D eigenvalue weighted by Gasteiger charge is -2.13. The van der Waals surface area contributed by atoms with E-state index in [1.54, 1.807) is 35.9 Å². The van der Waals surface area contributed by atoms with Crippen molar-refractivity contribution in [2.24, 2.45) is 0 Å². The van der Waals surface area contributed by atoms with E-state index in [-0.39, 0.29) is 11.5 Å². The zero-order valence-electron chi connectivity index (χ0n) is 19.1. The zero-order valence-corrected chi connectivity index (χ0v) is 19.1. The maximum atomic E-state index is 13.7. The summed E-state index contributed by atoms with van der Waals surface area (Å²) in [5, 5.41) is 13.3. The molecule has 168 valence electrons. The number of rotatable bonds is 5. The highest BCUT2D eigenvalue weighted by Gasteiger charge is 2.19. The predicted octanol–water partition coefficient (Wildman–Crippen LogP) is 4.59. The van der Waals surface area contributed by atoms with E-state index >= 15 is 0 Å². The highest BCUT2D eigenvalue weighted by molar-refractivity contribution is 5.75. The fourth-order valence-electron chi connectivity index (χ4n) is 4.09. The summed E-state index contributed by atoms with van der Waals surface area (Å²) in [5.74, 6) is 1.98. The molecule has 0 atom stereocenters. The van der Waals surface area contributed by atoms with Crippen molar-refractivity contribution >= 4 is 11.0 Å². The molecule has 0 bridgehead atoms. The van der Waals surface area contributed by atoms with Crippen LogP contribution in [0.5, 0.6) is 0 Å². The first-order valence-corrected chi connectivity index (χ1v) is 11.0. The van der Waals surface area contributed by atoms with Crippen LogP contribution in [0.3, 0.4) is 0 Å². The molecule has 0 saturated heterocycles. The number of hydrogen-bond donors (Lipinski definition) is 0. The molecule has 3 aromatic heterocycles. The van der Waals surface area contributed by atoms with Crippen LogP contribution in [-0.4, -0.2) is 24.3 Å². The molecule has 0 amide bonds. The molecular weight excluding hydrogens is 428 g/mol. The molecule has 0 unspecified atom stereocenters. The van der Waals surface area contributed by atoms with Gasteiger partial charge in [0.15, 0.2) is 0 Å². The minimum atomic E-state index is -0.183. The van der Waals surface area contributed by atoms with E-state index in [2.05, 4.69) is 30.1 Å². The molecule has 0 N–H and O–H groups in total. The topological polar surface area (TPSA) is 103 Å². The van der Waals surface area contributed by atoms with Gasteiger partial charge in [-0.2, -0.15) is 10.2 Å². The Kier molecular flexibility index (Phi) is 5.30. The van der Waals surface area contributed by atoms with Crippen LogP contribution in [0.25, 0.3) is 28.1 Å². The average molecular weight is 451 g/mol. The van der Waals surface area contributed by atoms with Gasteiger partial charge in [-0.1, -0.05) is 43.3 Å². The molecular formula is C26H22N6O2. The van der Waals surface area contributed by atoms with E-state index in [0.29, 0.717) is 40.5 Å². The molecule has 34 heavy (non-hydrogen) atoms. The minimum absolute atomic E-state index is 0.116. The van der Waals surface area contributed by atoms with Crippen LogP contribution in [0.4, 0.5) is 0 Å². The quantitative estimate of drug-likeness (QED) is 0.388. The van der Waals surface area contributed by atoms with Gasteiger partial charge < -0.3 is 9.09 Å². The highest BCUT2D eigenvalue weighted by Crippen LogP contribution is 2.24. The molecule has 0 fully saturated rings. The first-order valence-electron chi connectivity index (χ1n) is 11.0. The van der Waals surface area contributed by atoms with Gasteiger partial charge in [0.05, 0.1) is 17.1 Å². The Labute approximate surface area is 195 Å². The Morgan fingerprint density at radius 1 is 1.09 bits per heavy atom. The summed E-state index contributed by atoms with van der Waals surface area (Å²) in [6.45, 7) is 6.34. The van der Waals surface area contributed by atoms with Crippen molar-refractivity contribution < 1.29 is 4.52 Å². The maximum Gasteiger partial charge on any atom is 0.281 e.